The molecule has 5 rings (SSSR count). The van der Waals surface area contributed by atoms with E-state index in [1.165, 1.54) is 30.5 Å². The zero-order chi connectivity index (χ0) is 31.9. The predicted octanol–water partition coefficient (Wildman–Crippen LogP) is 8.11. The summed E-state index contributed by atoms with van der Waals surface area (Å²) < 4.78 is 57.4. The Kier molecular flexibility index (Phi) is 8.82. The number of carbonyl (C=O) groups is 2. The molecule has 226 valence electrons. The van der Waals surface area contributed by atoms with Crippen LogP contribution in [0.5, 0.6) is 0 Å². The van der Waals surface area contributed by atoms with Crippen LogP contribution in [0.15, 0.2) is 66.9 Å². The fourth-order valence-electron chi connectivity index (χ4n) is 4.78. The van der Waals surface area contributed by atoms with Gasteiger partial charge in [-0.2, -0.15) is 0 Å². The standard InChI is InChI=1S/C31H22Cl3F2N3O4S/c1-3-13-44(42,43)39(2)23-12-11-22(35)26(27(23)36)29(40)24-19-14-17(16-7-9-18(32)10-8-16)15-37-31(19)38-28(24)30(41)25-20(33)5-4-6-21(25)34/h4-12,14-15H,3,13H2,1-2H3,(H,37,38). The molecule has 0 aliphatic carbocycles. The number of sulfonamides is 1. The molecule has 0 saturated heterocycles. The summed E-state index contributed by atoms with van der Waals surface area (Å²) in [5, 5.41) is 0.527. The molecular formula is C31H22Cl3F2N3O4S. The number of carbonyl (C=O) groups excluding carboxylic acids is 2. The molecule has 0 spiro atoms. The van der Waals surface area contributed by atoms with Crippen molar-refractivity contribution in [2.45, 2.75) is 13.3 Å². The lowest BCUT2D eigenvalue weighted by Crippen LogP contribution is -2.30. The first kappa shape index (κ1) is 31.6. The minimum Gasteiger partial charge on any atom is -0.336 e. The van der Waals surface area contributed by atoms with Crippen molar-refractivity contribution in [2.24, 2.45) is 0 Å². The van der Waals surface area contributed by atoms with Crippen LogP contribution in [0.25, 0.3) is 22.2 Å². The van der Waals surface area contributed by atoms with E-state index in [-0.39, 0.29) is 44.5 Å². The molecule has 0 atom stereocenters. The Morgan fingerprint density at radius 2 is 1.55 bits per heavy atom. The first-order valence-electron chi connectivity index (χ1n) is 13.1. The van der Waals surface area contributed by atoms with E-state index in [0.29, 0.717) is 20.5 Å². The minimum absolute atomic E-state index is 0.0171. The zero-order valence-electron chi connectivity index (χ0n) is 23.1. The van der Waals surface area contributed by atoms with E-state index in [4.69, 9.17) is 34.8 Å². The van der Waals surface area contributed by atoms with Gasteiger partial charge in [0.1, 0.15) is 17.2 Å². The number of rotatable bonds is 9. The molecule has 44 heavy (non-hydrogen) atoms. The monoisotopic (exact) mass is 675 g/mol. The Morgan fingerprint density at radius 1 is 0.886 bits per heavy atom. The second kappa shape index (κ2) is 12.3. The van der Waals surface area contributed by atoms with Crippen LogP contribution in [0.3, 0.4) is 0 Å². The topological polar surface area (TPSA) is 100 Å². The van der Waals surface area contributed by atoms with E-state index in [9.17, 15) is 18.0 Å². The van der Waals surface area contributed by atoms with E-state index >= 15 is 8.78 Å². The van der Waals surface area contributed by atoms with Gasteiger partial charge in [-0.05, 0) is 54.4 Å². The van der Waals surface area contributed by atoms with Crippen LogP contribution in [0.1, 0.15) is 45.3 Å². The lowest BCUT2D eigenvalue weighted by molar-refractivity contribution is 0.0998. The number of anilines is 1. The number of halogens is 5. The van der Waals surface area contributed by atoms with Crippen molar-refractivity contribution in [3.8, 4) is 11.1 Å². The molecule has 3 aromatic carbocycles. The number of benzene rings is 3. The zero-order valence-corrected chi connectivity index (χ0v) is 26.2. The maximum absolute atomic E-state index is 16.0. The average molecular weight is 677 g/mol. The summed E-state index contributed by atoms with van der Waals surface area (Å²) in [7, 11) is -2.88. The van der Waals surface area contributed by atoms with Gasteiger partial charge in [0.05, 0.1) is 38.2 Å². The van der Waals surface area contributed by atoms with Crippen LogP contribution in [0.4, 0.5) is 14.5 Å². The Bertz CT molecular complexity index is 2050. The second-order valence-electron chi connectivity index (χ2n) is 9.80. The van der Waals surface area contributed by atoms with Crippen molar-refractivity contribution in [1.82, 2.24) is 9.97 Å². The van der Waals surface area contributed by atoms with Crippen LogP contribution >= 0.6 is 34.8 Å². The second-order valence-corrected chi connectivity index (χ2v) is 13.2. The van der Waals surface area contributed by atoms with Gasteiger partial charge in [0.25, 0.3) is 0 Å². The fourth-order valence-corrected chi connectivity index (χ4v) is 6.70. The summed E-state index contributed by atoms with van der Waals surface area (Å²) in [5.41, 5.74) is -1.27. The molecule has 7 nitrogen and oxygen atoms in total. The molecule has 5 aromatic rings. The van der Waals surface area contributed by atoms with Crippen LogP contribution in [0.2, 0.25) is 15.1 Å². The van der Waals surface area contributed by atoms with Gasteiger partial charge in [-0.15, -0.1) is 0 Å². The quantitative estimate of drug-likeness (QED) is 0.159. The summed E-state index contributed by atoms with van der Waals surface area (Å²) in [4.78, 5) is 35.3. The molecule has 13 heteroatoms. The molecule has 2 heterocycles. The summed E-state index contributed by atoms with van der Waals surface area (Å²) in [6.07, 6.45) is 1.73. The molecule has 0 aliphatic heterocycles. The smallest absolute Gasteiger partial charge is 0.234 e. The molecular weight excluding hydrogens is 655 g/mol. The lowest BCUT2D eigenvalue weighted by atomic mass is 9.95. The fraction of sp³-hybridized carbons (Fsp3) is 0.129. The van der Waals surface area contributed by atoms with E-state index in [1.54, 1.807) is 31.2 Å². The molecule has 0 aliphatic rings. The van der Waals surface area contributed by atoms with E-state index in [2.05, 4.69) is 9.97 Å². The molecule has 0 unspecified atom stereocenters. The number of H-pyrrole nitrogens is 1. The minimum atomic E-state index is -3.99. The highest BCUT2D eigenvalue weighted by molar-refractivity contribution is 7.92. The molecule has 0 fully saturated rings. The van der Waals surface area contributed by atoms with Crippen molar-refractivity contribution in [2.75, 3.05) is 17.1 Å². The Hall–Kier alpha value is -3.83. The molecule has 0 amide bonds. The normalized spacial score (nSPS) is 11.6. The van der Waals surface area contributed by atoms with Gasteiger partial charge < -0.3 is 4.98 Å². The van der Waals surface area contributed by atoms with Crippen molar-refractivity contribution >= 4 is 73.1 Å². The van der Waals surface area contributed by atoms with E-state index < -0.39 is 50.0 Å². The van der Waals surface area contributed by atoms with E-state index in [1.807, 2.05) is 0 Å². The maximum atomic E-state index is 16.0. The van der Waals surface area contributed by atoms with Crippen molar-refractivity contribution in [3.05, 3.63) is 116 Å². The first-order chi connectivity index (χ1) is 20.9. The van der Waals surface area contributed by atoms with Crippen LogP contribution in [0, 0.1) is 11.6 Å². The number of ketones is 2. The predicted molar refractivity (Wildman–Crippen MR) is 169 cm³/mol. The van der Waals surface area contributed by atoms with Crippen LogP contribution < -0.4 is 4.31 Å². The molecule has 0 saturated carbocycles. The third kappa shape index (κ3) is 5.70. The maximum Gasteiger partial charge on any atom is 0.234 e. The third-order valence-electron chi connectivity index (χ3n) is 6.99. The van der Waals surface area contributed by atoms with Gasteiger partial charge in [-0.1, -0.05) is 59.9 Å². The summed E-state index contributed by atoms with van der Waals surface area (Å²) in [6, 6.07) is 14.4. The number of aromatic nitrogens is 2. The average Bonchev–Trinajstić information content (AvgIpc) is 3.36. The first-order valence-corrected chi connectivity index (χ1v) is 15.9. The Morgan fingerprint density at radius 3 is 2.18 bits per heavy atom. The number of hydrogen-bond donors (Lipinski definition) is 1. The van der Waals surface area contributed by atoms with Gasteiger partial charge in [0.2, 0.25) is 21.6 Å². The highest BCUT2D eigenvalue weighted by atomic mass is 35.5. The number of nitrogens with one attached hydrogen (secondary N) is 1. The van der Waals surface area contributed by atoms with Crippen molar-refractivity contribution in [3.63, 3.8) is 0 Å². The van der Waals surface area contributed by atoms with Crippen LogP contribution in [-0.2, 0) is 10.0 Å². The number of fused-ring (bicyclic) bond motifs is 1. The molecule has 0 bridgehead atoms. The van der Waals surface area contributed by atoms with Gasteiger partial charge in [-0.3, -0.25) is 13.9 Å². The highest BCUT2D eigenvalue weighted by Crippen LogP contribution is 2.35. The largest absolute Gasteiger partial charge is 0.336 e. The Balaban J connectivity index is 1.77. The van der Waals surface area contributed by atoms with Crippen molar-refractivity contribution in [1.29, 1.82) is 0 Å². The number of nitrogens with zero attached hydrogens (tertiary/aromatic N) is 2. The number of hydrogen-bond acceptors (Lipinski definition) is 5. The summed E-state index contributed by atoms with van der Waals surface area (Å²) in [5.74, 6) is -5.03. The van der Waals surface area contributed by atoms with Gasteiger partial charge >= 0.3 is 0 Å². The van der Waals surface area contributed by atoms with Gasteiger partial charge in [-0.25, -0.2) is 22.2 Å². The molecule has 0 radical (unpaired) electrons. The number of aromatic amines is 1. The highest BCUT2D eigenvalue weighted by Gasteiger charge is 2.33. The summed E-state index contributed by atoms with van der Waals surface area (Å²) >= 11 is 18.6. The van der Waals surface area contributed by atoms with E-state index in [0.717, 1.165) is 19.2 Å². The summed E-state index contributed by atoms with van der Waals surface area (Å²) in [6.45, 7) is 1.63. The lowest BCUT2D eigenvalue weighted by Gasteiger charge is -2.21. The van der Waals surface area contributed by atoms with Crippen molar-refractivity contribution < 1.29 is 26.8 Å². The van der Waals surface area contributed by atoms with Gasteiger partial charge in [0.15, 0.2) is 5.82 Å². The Labute approximate surface area is 266 Å². The number of pyridine rings is 1. The molecule has 1 N–H and O–H groups in total. The van der Waals surface area contributed by atoms with Gasteiger partial charge in [0, 0.05) is 29.2 Å². The van der Waals surface area contributed by atoms with Crippen LogP contribution in [-0.4, -0.2) is 42.8 Å². The SMILES string of the molecule is CCCS(=O)(=O)N(C)c1ccc(F)c(C(=O)c2c(C(=O)c3c(Cl)cccc3Cl)[nH]c3ncc(-c4ccc(Cl)cc4)cc23)c1F. The third-order valence-corrected chi connectivity index (χ3v) is 9.83. The molecule has 2 aromatic heterocycles.